The van der Waals surface area contributed by atoms with Crippen molar-refractivity contribution in [3.05, 3.63) is 0 Å². The molecule has 0 nitrogen and oxygen atoms in total. The van der Waals surface area contributed by atoms with Crippen LogP contribution in [-0.2, 0) is 0 Å². The molecular formula is HBr2MgNa. The van der Waals surface area contributed by atoms with Crippen LogP contribution in [0.4, 0.5) is 0 Å². The molecule has 0 atom stereocenters. The third kappa shape index (κ3) is 8.83. The fourth-order valence-corrected chi connectivity index (χ4v) is 0. The predicted molar refractivity (Wildman–Crippen MR) is 30.8 cm³/mol. The summed E-state index contributed by atoms with van der Waals surface area (Å²) >= 11 is 6.44. The normalized spacial score (nSPS) is 2.50. The molecule has 0 aromatic carbocycles. The van der Waals surface area contributed by atoms with Crippen LogP contribution in [-0.4, -0.2) is 45.6 Å². The molecular weight excluding hydrogens is 207 g/mol. The van der Waals surface area contributed by atoms with Crippen LogP contribution in [0.2, 0.25) is 0 Å². The quantitative estimate of drug-likeness (QED) is 0.513. The summed E-state index contributed by atoms with van der Waals surface area (Å²) in [5.74, 6) is 0. The topological polar surface area (TPSA) is 0 Å². The summed E-state index contributed by atoms with van der Waals surface area (Å²) in [6.45, 7) is 0. The van der Waals surface area contributed by atoms with Crippen LogP contribution >= 0.6 is 25.8 Å². The molecule has 0 heterocycles. The van der Waals surface area contributed by atoms with Crippen LogP contribution < -0.4 is 0 Å². The Bertz CT molecular complexity index is 6.00. The van der Waals surface area contributed by atoms with Crippen LogP contribution in [0.25, 0.3) is 0 Å². The van der Waals surface area contributed by atoms with Gasteiger partial charge >= 0.3 is 45.6 Å². The van der Waals surface area contributed by atoms with Gasteiger partial charge in [0.2, 0.25) is 0 Å². The Labute approximate surface area is 69.8 Å². The van der Waals surface area contributed by atoms with E-state index in [0.717, 1.165) is 0 Å². The van der Waals surface area contributed by atoms with Crippen molar-refractivity contribution < 1.29 is 0 Å². The maximum absolute atomic E-state index is 3.20. The summed E-state index contributed by atoms with van der Waals surface area (Å²) < 4.78 is 0. The second kappa shape index (κ2) is 9.21. The van der Waals surface area contributed by atoms with E-state index in [9.17, 15) is 0 Å². The minimum atomic E-state index is 0. The molecule has 0 amide bonds. The van der Waals surface area contributed by atoms with Gasteiger partial charge in [0.15, 0.2) is 0 Å². The Morgan fingerprint density at radius 3 is 1.25 bits per heavy atom. The number of rotatable bonds is 0. The average molecular weight is 208 g/mol. The van der Waals surface area contributed by atoms with Gasteiger partial charge in [0, 0.05) is 0 Å². The number of hydrogen-bond donors (Lipinski definition) is 0. The summed E-state index contributed by atoms with van der Waals surface area (Å²) in [6, 6.07) is 0. The molecule has 0 aromatic rings. The Balaban J connectivity index is 0. The summed E-state index contributed by atoms with van der Waals surface area (Å²) in [7, 11) is 0. The molecule has 0 spiro atoms. The molecule has 0 saturated heterocycles. The first-order chi connectivity index (χ1) is 1.41. The zero-order chi connectivity index (χ0) is 2.71. The van der Waals surface area contributed by atoms with E-state index >= 15 is 0 Å². The van der Waals surface area contributed by atoms with Gasteiger partial charge < -0.3 is 0 Å². The standard InChI is InChI=1S/2BrH.Mg.Na.H/h2*1H;;;/q;;+2;;/p-2. The van der Waals surface area contributed by atoms with Crippen molar-refractivity contribution in [2.45, 2.75) is 0 Å². The molecule has 4 heavy (non-hydrogen) atoms. The third-order valence-electron chi connectivity index (χ3n) is 0. The minimum absolute atomic E-state index is 0. The van der Waals surface area contributed by atoms with Crippen molar-refractivity contribution in [2.75, 3.05) is 0 Å². The van der Waals surface area contributed by atoms with Crippen molar-refractivity contribution >= 4 is 71.3 Å². The molecule has 4 heteroatoms. The Morgan fingerprint density at radius 1 is 1.25 bits per heavy atom. The molecule has 0 aliphatic heterocycles. The van der Waals surface area contributed by atoms with Gasteiger partial charge in [0.1, 0.15) is 0 Å². The van der Waals surface area contributed by atoms with Gasteiger partial charge in [-0.05, 0) is 0 Å². The number of hydrogen-bond acceptors (Lipinski definition) is 0. The molecule has 0 aliphatic carbocycles. The van der Waals surface area contributed by atoms with E-state index in [-0.39, 0.29) is 45.6 Å². The SMILES string of the molecule is [Br][Mg][Br].[NaH]. The van der Waals surface area contributed by atoms with Gasteiger partial charge in [-0.2, -0.15) is 0 Å². The van der Waals surface area contributed by atoms with Crippen molar-refractivity contribution in [3.8, 4) is 0 Å². The van der Waals surface area contributed by atoms with E-state index in [4.69, 9.17) is 0 Å². The second-order valence-corrected chi connectivity index (χ2v) is 8.18. The summed E-state index contributed by atoms with van der Waals surface area (Å²) in [5.41, 5.74) is 0. The van der Waals surface area contributed by atoms with E-state index < -0.39 is 0 Å². The average Bonchev–Trinajstić information content (AvgIpc) is 0.918. The molecule has 0 bridgehead atoms. The molecule has 0 aliphatic rings. The van der Waals surface area contributed by atoms with Gasteiger partial charge in [0.25, 0.3) is 0 Å². The van der Waals surface area contributed by atoms with E-state index in [1.807, 2.05) is 0 Å². The van der Waals surface area contributed by atoms with Crippen LogP contribution in [0.1, 0.15) is 0 Å². The summed E-state index contributed by atoms with van der Waals surface area (Å²) in [6.07, 6.45) is 0. The molecule has 0 rings (SSSR count). The van der Waals surface area contributed by atoms with E-state index in [2.05, 4.69) is 25.8 Å². The molecule has 0 unspecified atom stereocenters. The van der Waals surface area contributed by atoms with E-state index in [1.54, 1.807) is 0 Å². The molecule has 0 fully saturated rings. The van der Waals surface area contributed by atoms with Gasteiger partial charge in [-0.1, -0.05) is 0 Å². The molecule has 0 aromatic heterocycles. The fourth-order valence-electron chi connectivity index (χ4n) is 0. The van der Waals surface area contributed by atoms with Crippen molar-refractivity contribution in [1.82, 2.24) is 0 Å². The van der Waals surface area contributed by atoms with Crippen LogP contribution in [0.3, 0.4) is 0 Å². The first-order valence-corrected chi connectivity index (χ1v) is 8.33. The van der Waals surface area contributed by atoms with Gasteiger partial charge in [-0.25, -0.2) is 0 Å². The van der Waals surface area contributed by atoms with Crippen LogP contribution in [0, 0.1) is 0 Å². The van der Waals surface area contributed by atoms with Crippen molar-refractivity contribution in [3.63, 3.8) is 0 Å². The van der Waals surface area contributed by atoms with E-state index in [1.165, 1.54) is 0 Å². The molecule has 0 saturated carbocycles. The fraction of sp³-hybridized carbons (Fsp3) is 0. The molecule has 0 N–H and O–H groups in total. The Kier molecular flexibility index (Phi) is 22.7. The first-order valence-electron chi connectivity index (χ1n) is 0.535. The van der Waals surface area contributed by atoms with Gasteiger partial charge in [0.05, 0.1) is 0 Å². The predicted octanol–water partition coefficient (Wildman–Crippen LogP) is 0.662. The van der Waals surface area contributed by atoms with Gasteiger partial charge in [-0.15, -0.1) is 0 Å². The van der Waals surface area contributed by atoms with Crippen LogP contribution in [0.15, 0.2) is 0 Å². The Hall–Kier alpha value is 2.73. The maximum atomic E-state index is 3.20. The first kappa shape index (κ1) is 9.87. The van der Waals surface area contributed by atoms with Crippen molar-refractivity contribution in [2.24, 2.45) is 0 Å². The van der Waals surface area contributed by atoms with E-state index in [0.29, 0.717) is 0 Å². The summed E-state index contributed by atoms with van der Waals surface area (Å²) in [4.78, 5) is 0. The third-order valence-corrected chi connectivity index (χ3v) is 0. The molecule has 18 valence electrons. The zero-order valence-corrected chi connectivity index (χ0v) is 6.05. The van der Waals surface area contributed by atoms with Crippen molar-refractivity contribution in [1.29, 1.82) is 0 Å². The zero-order valence-electron chi connectivity index (χ0n) is 1.46. The summed E-state index contributed by atoms with van der Waals surface area (Å²) in [5, 5.41) is 0. The van der Waals surface area contributed by atoms with Gasteiger partial charge in [-0.3, -0.25) is 25.8 Å². The van der Waals surface area contributed by atoms with Crippen LogP contribution in [0.5, 0.6) is 0 Å². The Morgan fingerprint density at radius 2 is 1.25 bits per heavy atom. The second-order valence-electron chi connectivity index (χ2n) is 0.101. The molecule has 0 radical (unpaired) electrons. The number of halogens is 2. The monoisotopic (exact) mass is 206 g/mol.